The Balaban J connectivity index is 1.93. The molecule has 2 aliphatic carbocycles. The number of rotatable bonds is 2. The van der Waals surface area contributed by atoms with E-state index in [0.717, 1.165) is 11.8 Å². The van der Waals surface area contributed by atoms with Crippen molar-refractivity contribution in [2.75, 3.05) is 0 Å². The van der Waals surface area contributed by atoms with Gasteiger partial charge in [-0.3, -0.25) is 0 Å². The molecule has 15 heavy (non-hydrogen) atoms. The highest BCUT2D eigenvalue weighted by atomic mass is 32.2. The van der Waals surface area contributed by atoms with Crippen molar-refractivity contribution in [1.82, 2.24) is 0 Å². The second kappa shape index (κ2) is 3.49. The molecule has 0 aromatic heterocycles. The summed E-state index contributed by atoms with van der Waals surface area (Å²) in [5.74, 6) is 1.90. The molecule has 0 aromatic rings. The maximum absolute atomic E-state index is 11.8. The molecule has 2 saturated carbocycles. The Labute approximate surface area is 95.9 Å². The molecule has 0 heterocycles. The zero-order valence-corrected chi connectivity index (χ0v) is 10.9. The Hall–Kier alpha value is -0.0200. The fraction of sp³-hybridized carbons (Fsp3) is 0.917. The van der Waals surface area contributed by atoms with Crippen LogP contribution in [0, 0.1) is 17.3 Å². The van der Waals surface area contributed by atoms with E-state index in [4.69, 9.17) is 0 Å². The highest BCUT2D eigenvalue weighted by molar-refractivity contribution is 7.91. The molecule has 0 unspecified atom stereocenters. The summed E-state index contributed by atoms with van der Waals surface area (Å²) in [6, 6.07) is 0. The Morgan fingerprint density at radius 2 is 1.87 bits per heavy atom. The van der Waals surface area contributed by atoms with Gasteiger partial charge in [0.15, 0.2) is 0 Å². The summed E-state index contributed by atoms with van der Waals surface area (Å²) in [7, 11) is 0. The largest absolute Gasteiger partial charge is 0.591 e. The molecular formula is C12H21NOS. The van der Waals surface area contributed by atoms with Crippen LogP contribution < -0.4 is 0 Å². The standard InChI is InChI=1S/C12H21NOS/c1-11(2,3)15(14)13-8-12(4)6-9-5-10(9)7-12/h8-10H,5-7H2,1-4H3/b13-8+/t9-,10-,15-/m1/s1. The topological polar surface area (TPSA) is 35.4 Å². The molecule has 86 valence electrons. The molecular weight excluding hydrogens is 206 g/mol. The van der Waals surface area contributed by atoms with Crippen molar-refractivity contribution in [2.45, 2.75) is 51.7 Å². The van der Waals surface area contributed by atoms with Gasteiger partial charge >= 0.3 is 0 Å². The summed E-state index contributed by atoms with van der Waals surface area (Å²) in [5.41, 5.74) is 0.231. The maximum atomic E-state index is 11.8. The average Bonchev–Trinajstić information content (AvgIpc) is 2.70. The first-order chi connectivity index (χ1) is 6.80. The van der Waals surface area contributed by atoms with E-state index in [9.17, 15) is 4.55 Å². The average molecular weight is 227 g/mol. The SMILES string of the molecule is CC1(/C=N/[S@+]([O-])C(C)(C)C)C[C@H]2C[C@@H]2C1. The van der Waals surface area contributed by atoms with Gasteiger partial charge in [0.2, 0.25) is 0 Å². The van der Waals surface area contributed by atoms with Gasteiger partial charge in [-0.1, -0.05) is 11.3 Å². The smallest absolute Gasteiger partial charge is 0.144 e. The summed E-state index contributed by atoms with van der Waals surface area (Å²) in [6.07, 6.45) is 5.90. The highest BCUT2D eigenvalue weighted by Crippen LogP contribution is 2.59. The van der Waals surface area contributed by atoms with Crippen LogP contribution in [0.2, 0.25) is 0 Å². The predicted octanol–water partition coefficient (Wildman–Crippen LogP) is 2.96. The lowest BCUT2D eigenvalue weighted by atomic mass is 9.87. The summed E-state index contributed by atoms with van der Waals surface area (Å²) in [4.78, 5) is 0. The number of nitrogens with zero attached hydrogens (tertiary/aromatic N) is 1. The summed E-state index contributed by atoms with van der Waals surface area (Å²) < 4.78 is 15.8. The minimum absolute atomic E-state index is 0.228. The van der Waals surface area contributed by atoms with E-state index in [1.807, 2.05) is 27.0 Å². The van der Waals surface area contributed by atoms with Crippen molar-refractivity contribution < 1.29 is 4.55 Å². The van der Waals surface area contributed by atoms with E-state index in [1.165, 1.54) is 19.3 Å². The number of hydrogen-bond acceptors (Lipinski definition) is 2. The quantitative estimate of drug-likeness (QED) is 0.527. The molecule has 2 fully saturated rings. The van der Waals surface area contributed by atoms with Crippen molar-refractivity contribution in [1.29, 1.82) is 0 Å². The van der Waals surface area contributed by atoms with Crippen molar-refractivity contribution in [3.8, 4) is 0 Å². The van der Waals surface area contributed by atoms with E-state index in [-0.39, 0.29) is 10.2 Å². The van der Waals surface area contributed by atoms with Gasteiger partial charge in [-0.15, -0.1) is 0 Å². The van der Waals surface area contributed by atoms with Gasteiger partial charge in [0.25, 0.3) is 0 Å². The third-order valence-corrected chi connectivity index (χ3v) is 4.85. The van der Waals surface area contributed by atoms with Crippen LogP contribution in [0.15, 0.2) is 4.40 Å². The molecule has 0 amide bonds. The molecule has 0 saturated heterocycles. The Bertz CT molecular complexity index is 272. The second-order valence-electron chi connectivity index (χ2n) is 6.41. The van der Waals surface area contributed by atoms with Crippen LogP contribution in [0.5, 0.6) is 0 Å². The molecule has 2 rings (SSSR count). The number of hydrogen-bond donors (Lipinski definition) is 0. The van der Waals surface area contributed by atoms with E-state index >= 15 is 0 Å². The van der Waals surface area contributed by atoms with Crippen LogP contribution in [-0.2, 0) is 11.4 Å². The zero-order valence-electron chi connectivity index (χ0n) is 10.1. The van der Waals surface area contributed by atoms with Crippen LogP contribution in [0.1, 0.15) is 47.0 Å². The minimum Gasteiger partial charge on any atom is -0.591 e. The fourth-order valence-corrected chi connectivity index (χ4v) is 3.20. The van der Waals surface area contributed by atoms with Gasteiger partial charge in [-0.2, -0.15) is 0 Å². The lowest BCUT2D eigenvalue weighted by Gasteiger charge is -2.22. The first kappa shape index (κ1) is 11.5. The molecule has 0 N–H and O–H groups in total. The molecule has 2 aliphatic rings. The second-order valence-corrected chi connectivity index (χ2v) is 8.35. The van der Waals surface area contributed by atoms with E-state index in [1.54, 1.807) is 0 Å². The van der Waals surface area contributed by atoms with E-state index in [2.05, 4.69) is 11.3 Å². The van der Waals surface area contributed by atoms with Gasteiger partial charge < -0.3 is 4.55 Å². The maximum Gasteiger partial charge on any atom is 0.144 e. The molecule has 0 radical (unpaired) electrons. The summed E-state index contributed by atoms with van der Waals surface area (Å²) >= 11 is -1.09. The Morgan fingerprint density at radius 3 is 2.33 bits per heavy atom. The molecule has 0 aromatic carbocycles. The van der Waals surface area contributed by atoms with Gasteiger partial charge in [0.1, 0.15) is 16.1 Å². The van der Waals surface area contributed by atoms with Crippen LogP contribution in [0.4, 0.5) is 0 Å². The van der Waals surface area contributed by atoms with Crippen LogP contribution in [-0.4, -0.2) is 15.5 Å². The van der Waals surface area contributed by atoms with Crippen molar-refractivity contribution in [3.05, 3.63) is 0 Å². The zero-order chi connectivity index (χ0) is 11.3. The van der Waals surface area contributed by atoms with Gasteiger partial charge in [0.05, 0.1) is 6.21 Å². The third kappa shape index (κ3) is 2.56. The highest BCUT2D eigenvalue weighted by Gasteiger charge is 2.51. The lowest BCUT2D eigenvalue weighted by molar-refractivity contribution is 0.441. The van der Waals surface area contributed by atoms with Crippen molar-refractivity contribution in [2.24, 2.45) is 21.6 Å². The normalized spacial score (nSPS) is 35.5. The molecule has 0 spiro atoms. The van der Waals surface area contributed by atoms with Crippen molar-refractivity contribution in [3.63, 3.8) is 0 Å². The van der Waals surface area contributed by atoms with E-state index in [0.29, 0.717) is 0 Å². The predicted molar refractivity (Wildman–Crippen MR) is 65.3 cm³/mol. The van der Waals surface area contributed by atoms with E-state index < -0.39 is 11.4 Å². The third-order valence-electron chi connectivity index (χ3n) is 3.51. The molecule has 3 atom stereocenters. The van der Waals surface area contributed by atoms with Crippen LogP contribution in [0.3, 0.4) is 0 Å². The molecule has 2 nitrogen and oxygen atoms in total. The first-order valence-corrected chi connectivity index (χ1v) is 6.88. The van der Waals surface area contributed by atoms with Gasteiger partial charge in [-0.05, 0) is 51.9 Å². The van der Waals surface area contributed by atoms with Crippen molar-refractivity contribution >= 4 is 17.6 Å². The first-order valence-electron chi connectivity index (χ1n) is 5.77. The number of fused-ring (bicyclic) bond motifs is 1. The van der Waals surface area contributed by atoms with Crippen LogP contribution in [0.25, 0.3) is 0 Å². The Kier molecular flexibility index (Phi) is 2.67. The lowest BCUT2D eigenvalue weighted by Crippen LogP contribution is -2.27. The van der Waals surface area contributed by atoms with Gasteiger partial charge in [0, 0.05) is 5.41 Å². The van der Waals surface area contributed by atoms with Gasteiger partial charge in [-0.25, -0.2) is 0 Å². The molecule has 3 heteroatoms. The fourth-order valence-electron chi connectivity index (χ4n) is 2.53. The van der Waals surface area contributed by atoms with Crippen LogP contribution >= 0.6 is 0 Å². The minimum atomic E-state index is -1.09. The molecule has 0 bridgehead atoms. The monoisotopic (exact) mass is 227 g/mol. The Morgan fingerprint density at radius 1 is 1.33 bits per heavy atom. The summed E-state index contributed by atoms with van der Waals surface area (Å²) in [6.45, 7) is 8.15. The summed E-state index contributed by atoms with van der Waals surface area (Å²) in [5, 5.41) is 0. The molecule has 0 aliphatic heterocycles.